The van der Waals surface area contributed by atoms with Gasteiger partial charge in [-0.2, -0.15) is 0 Å². The second-order valence-corrected chi connectivity index (χ2v) is 20.4. The Kier molecular flexibility index (Phi) is 8.58. The standard InChI is InChI=1S/C18H36O3Si3/c1-8-15-19-16-12-17-23(5,6)21-24(7,20-22(2,3)4)18-13-10-9-11-14-18/h9-11,13-14H,8,12,15-17H2,1-7H3. The zero-order chi connectivity index (χ0) is 18.3. The molecule has 0 amide bonds. The number of hydrogen-bond donors (Lipinski definition) is 0. The summed E-state index contributed by atoms with van der Waals surface area (Å²) in [5, 5.41) is 1.25. The lowest BCUT2D eigenvalue weighted by atomic mass is 10.4. The molecule has 1 rings (SSSR count). The Hall–Kier alpha value is -0.249. The van der Waals surface area contributed by atoms with Gasteiger partial charge in [-0.3, -0.25) is 0 Å². The number of rotatable bonds is 11. The van der Waals surface area contributed by atoms with Crippen LogP contribution in [0.3, 0.4) is 0 Å². The molecule has 0 spiro atoms. The molecule has 0 fully saturated rings. The first-order valence-electron chi connectivity index (χ1n) is 9.12. The van der Waals surface area contributed by atoms with Gasteiger partial charge in [-0.25, -0.2) is 0 Å². The highest BCUT2D eigenvalue weighted by atomic mass is 28.5. The maximum Gasteiger partial charge on any atom is 0.348 e. The van der Waals surface area contributed by atoms with Crippen molar-refractivity contribution < 1.29 is 13.0 Å². The minimum atomic E-state index is -2.39. The molecule has 0 bridgehead atoms. The maximum absolute atomic E-state index is 6.83. The third kappa shape index (κ3) is 8.22. The van der Waals surface area contributed by atoms with E-state index in [2.05, 4.69) is 76.5 Å². The zero-order valence-corrected chi connectivity index (χ0v) is 19.6. The molecule has 0 aliphatic heterocycles. The van der Waals surface area contributed by atoms with Gasteiger partial charge in [0, 0.05) is 13.2 Å². The summed E-state index contributed by atoms with van der Waals surface area (Å²) in [6.07, 6.45) is 2.16. The molecule has 0 aromatic heterocycles. The lowest BCUT2D eigenvalue weighted by molar-refractivity contribution is 0.134. The number of hydrogen-bond acceptors (Lipinski definition) is 3. The van der Waals surface area contributed by atoms with Crippen molar-refractivity contribution in [1.82, 2.24) is 0 Å². The topological polar surface area (TPSA) is 27.7 Å². The van der Waals surface area contributed by atoms with Crippen molar-refractivity contribution in [2.45, 2.75) is 65.1 Å². The predicted molar refractivity (Wildman–Crippen MR) is 111 cm³/mol. The quantitative estimate of drug-likeness (QED) is 0.403. The van der Waals surface area contributed by atoms with Crippen LogP contribution in [0.2, 0.25) is 45.3 Å². The van der Waals surface area contributed by atoms with Crippen molar-refractivity contribution in [1.29, 1.82) is 0 Å². The molecular weight excluding hydrogens is 348 g/mol. The first-order valence-corrected chi connectivity index (χ1v) is 18.0. The largest absolute Gasteiger partial charge is 0.433 e. The molecule has 1 atom stereocenters. The molecule has 0 saturated carbocycles. The molecular formula is C18H36O3Si3. The first kappa shape index (κ1) is 21.8. The number of ether oxygens (including phenoxy) is 1. The van der Waals surface area contributed by atoms with Crippen LogP contribution in [0, 0.1) is 0 Å². The Labute approximate surface area is 152 Å². The van der Waals surface area contributed by atoms with Gasteiger partial charge in [0.25, 0.3) is 0 Å². The normalized spacial score (nSPS) is 15.3. The molecule has 1 unspecified atom stereocenters. The lowest BCUT2D eigenvalue weighted by Crippen LogP contribution is -2.60. The van der Waals surface area contributed by atoms with Crippen LogP contribution in [0.5, 0.6) is 0 Å². The highest BCUT2D eigenvalue weighted by Crippen LogP contribution is 2.24. The van der Waals surface area contributed by atoms with Crippen LogP contribution >= 0.6 is 0 Å². The summed E-state index contributed by atoms with van der Waals surface area (Å²) in [6, 6.07) is 11.7. The van der Waals surface area contributed by atoms with E-state index in [0.717, 1.165) is 32.1 Å². The Morgan fingerprint density at radius 3 is 2.00 bits per heavy atom. The van der Waals surface area contributed by atoms with Crippen molar-refractivity contribution in [2.24, 2.45) is 0 Å². The fraction of sp³-hybridized carbons (Fsp3) is 0.667. The molecule has 0 saturated heterocycles. The fourth-order valence-electron chi connectivity index (χ4n) is 2.89. The van der Waals surface area contributed by atoms with E-state index >= 15 is 0 Å². The summed E-state index contributed by atoms with van der Waals surface area (Å²) < 4.78 is 19.1. The van der Waals surface area contributed by atoms with Crippen LogP contribution in [0.25, 0.3) is 0 Å². The summed E-state index contributed by atoms with van der Waals surface area (Å²) in [6.45, 7) is 17.4. The second kappa shape index (κ2) is 9.45. The van der Waals surface area contributed by atoms with Gasteiger partial charge >= 0.3 is 8.56 Å². The van der Waals surface area contributed by atoms with Crippen LogP contribution < -0.4 is 5.19 Å². The third-order valence-electron chi connectivity index (χ3n) is 3.69. The van der Waals surface area contributed by atoms with Crippen LogP contribution in [-0.2, 0) is 13.0 Å². The van der Waals surface area contributed by atoms with Crippen molar-refractivity contribution in [2.75, 3.05) is 13.2 Å². The first-order chi connectivity index (χ1) is 11.1. The molecule has 0 aliphatic carbocycles. The lowest BCUT2D eigenvalue weighted by Gasteiger charge is -2.40. The van der Waals surface area contributed by atoms with Gasteiger partial charge in [0.15, 0.2) is 16.6 Å². The molecule has 24 heavy (non-hydrogen) atoms. The molecule has 0 radical (unpaired) electrons. The van der Waals surface area contributed by atoms with Crippen LogP contribution in [0.15, 0.2) is 30.3 Å². The molecule has 1 aromatic carbocycles. The highest BCUT2D eigenvalue weighted by Gasteiger charge is 2.43. The SMILES string of the molecule is CCCOCCC[Si](C)(C)O[Si](C)(O[Si](C)(C)C)c1ccccc1. The Morgan fingerprint density at radius 2 is 1.46 bits per heavy atom. The van der Waals surface area contributed by atoms with Gasteiger partial charge in [-0.05, 0) is 63.4 Å². The van der Waals surface area contributed by atoms with E-state index in [9.17, 15) is 0 Å². The molecule has 138 valence electrons. The molecule has 0 N–H and O–H groups in total. The van der Waals surface area contributed by atoms with Crippen LogP contribution in [0.4, 0.5) is 0 Å². The summed E-state index contributed by atoms with van der Waals surface area (Å²) in [4.78, 5) is 0. The third-order valence-corrected chi connectivity index (χ3v) is 14.4. The van der Waals surface area contributed by atoms with Crippen molar-refractivity contribution in [3.05, 3.63) is 30.3 Å². The predicted octanol–water partition coefficient (Wildman–Crippen LogP) is 4.86. The Bertz CT molecular complexity index is 474. The molecule has 0 heterocycles. The van der Waals surface area contributed by atoms with Gasteiger partial charge in [-0.15, -0.1) is 0 Å². The van der Waals surface area contributed by atoms with Crippen molar-refractivity contribution in [3.8, 4) is 0 Å². The minimum absolute atomic E-state index is 0.839. The highest BCUT2D eigenvalue weighted by molar-refractivity contribution is 6.94. The summed E-state index contributed by atoms with van der Waals surface area (Å²) in [5.74, 6) is 0. The molecule has 3 nitrogen and oxygen atoms in total. The van der Waals surface area contributed by atoms with Gasteiger partial charge in [0.2, 0.25) is 0 Å². The summed E-state index contributed by atoms with van der Waals surface area (Å²) in [7, 11) is -5.88. The van der Waals surface area contributed by atoms with Crippen LogP contribution in [-0.4, -0.2) is 38.4 Å². The van der Waals surface area contributed by atoms with Gasteiger partial charge in [-0.1, -0.05) is 37.3 Å². The molecule has 1 aromatic rings. The Morgan fingerprint density at radius 1 is 0.833 bits per heavy atom. The van der Waals surface area contributed by atoms with E-state index in [1.807, 2.05) is 0 Å². The average molecular weight is 385 g/mol. The van der Waals surface area contributed by atoms with Crippen LogP contribution in [0.1, 0.15) is 19.8 Å². The second-order valence-electron chi connectivity index (χ2n) is 8.10. The summed E-state index contributed by atoms with van der Waals surface area (Å²) in [5.41, 5.74) is 0. The fourth-order valence-corrected chi connectivity index (χ4v) is 15.5. The smallest absolute Gasteiger partial charge is 0.348 e. The summed E-state index contributed by atoms with van der Waals surface area (Å²) >= 11 is 0. The van der Waals surface area contributed by atoms with E-state index in [0.29, 0.717) is 0 Å². The van der Waals surface area contributed by atoms with Gasteiger partial charge in [0.1, 0.15) is 0 Å². The minimum Gasteiger partial charge on any atom is -0.433 e. The number of benzene rings is 1. The average Bonchev–Trinajstić information content (AvgIpc) is 2.45. The van der Waals surface area contributed by atoms with E-state index in [-0.39, 0.29) is 0 Å². The zero-order valence-electron chi connectivity index (χ0n) is 16.6. The molecule has 0 aliphatic rings. The molecule has 6 heteroatoms. The Balaban J connectivity index is 2.80. The van der Waals surface area contributed by atoms with Gasteiger partial charge in [0.05, 0.1) is 0 Å². The van der Waals surface area contributed by atoms with Crippen molar-refractivity contribution >= 4 is 30.4 Å². The van der Waals surface area contributed by atoms with Crippen molar-refractivity contribution in [3.63, 3.8) is 0 Å². The van der Waals surface area contributed by atoms with E-state index < -0.39 is 25.2 Å². The maximum atomic E-state index is 6.83. The van der Waals surface area contributed by atoms with E-state index in [1.54, 1.807) is 0 Å². The monoisotopic (exact) mass is 384 g/mol. The van der Waals surface area contributed by atoms with E-state index in [1.165, 1.54) is 5.19 Å². The van der Waals surface area contributed by atoms with Gasteiger partial charge < -0.3 is 13.0 Å². The van der Waals surface area contributed by atoms with E-state index in [4.69, 9.17) is 13.0 Å².